The Morgan fingerprint density at radius 1 is 0.787 bits per heavy atom. The molecule has 12 heteroatoms. The van der Waals surface area contributed by atoms with Gasteiger partial charge in [0, 0.05) is 25.1 Å². The van der Waals surface area contributed by atoms with Gasteiger partial charge in [-0.3, -0.25) is 9.59 Å². The van der Waals surface area contributed by atoms with Gasteiger partial charge in [0.05, 0.1) is 20.1 Å². The number of rotatable bonds is 14. The van der Waals surface area contributed by atoms with Gasteiger partial charge < -0.3 is 42.1 Å². The highest BCUT2D eigenvalue weighted by atomic mass is 16.5. The Morgan fingerprint density at radius 2 is 1.34 bits per heavy atom. The number of amidine groups is 1. The van der Waals surface area contributed by atoms with E-state index in [0.29, 0.717) is 33.8 Å². The number of primary amides is 2. The monoisotopic (exact) mass is 638 g/mol. The van der Waals surface area contributed by atoms with Crippen LogP contribution in [0.3, 0.4) is 0 Å². The van der Waals surface area contributed by atoms with Crippen molar-refractivity contribution in [3.63, 3.8) is 0 Å². The van der Waals surface area contributed by atoms with E-state index in [1.54, 1.807) is 74.9 Å². The van der Waals surface area contributed by atoms with Crippen LogP contribution in [0.25, 0.3) is 0 Å². The van der Waals surface area contributed by atoms with Crippen LogP contribution in [-0.4, -0.2) is 54.0 Å². The van der Waals surface area contributed by atoms with Crippen molar-refractivity contribution in [2.24, 2.45) is 22.4 Å². The fourth-order valence-corrected chi connectivity index (χ4v) is 5.23. The molecule has 0 fully saturated rings. The number of carbonyl (C=O) groups is 3. The summed E-state index contributed by atoms with van der Waals surface area (Å²) in [6, 6.07) is 26.7. The van der Waals surface area contributed by atoms with Crippen LogP contribution in [-0.2, 0) is 29.1 Å². The van der Waals surface area contributed by atoms with Crippen molar-refractivity contribution in [2.45, 2.75) is 31.5 Å². The Morgan fingerprint density at radius 3 is 1.83 bits per heavy atom. The zero-order valence-corrected chi connectivity index (χ0v) is 26.1. The largest absolute Gasteiger partial charge is 0.497 e. The summed E-state index contributed by atoms with van der Waals surface area (Å²) in [6.07, 6.45) is 0.0617. The molecule has 0 spiro atoms. The summed E-state index contributed by atoms with van der Waals surface area (Å²) in [5, 5.41) is 14.8. The van der Waals surface area contributed by atoms with Crippen LogP contribution < -0.4 is 32.0 Å². The van der Waals surface area contributed by atoms with Crippen molar-refractivity contribution in [2.75, 3.05) is 14.2 Å². The summed E-state index contributed by atoms with van der Waals surface area (Å²) >= 11 is 0. The number of nitrogens with zero attached hydrogens (tertiary/aromatic N) is 2. The first-order valence-corrected chi connectivity index (χ1v) is 14.7. The van der Waals surface area contributed by atoms with E-state index in [0.717, 1.165) is 11.1 Å². The van der Waals surface area contributed by atoms with Gasteiger partial charge in [0.25, 0.3) is 0 Å². The van der Waals surface area contributed by atoms with Crippen LogP contribution in [0.2, 0.25) is 0 Å². The molecule has 4 aromatic carbocycles. The number of hydrogen-bond donors (Lipinski definition) is 5. The lowest BCUT2D eigenvalue weighted by molar-refractivity contribution is -0.140. The lowest BCUT2D eigenvalue weighted by Gasteiger charge is -2.34. The highest BCUT2D eigenvalue weighted by molar-refractivity contribution is 5.97. The van der Waals surface area contributed by atoms with E-state index in [4.69, 9.17) is 26.7 Å². The van der Waals surface area contributed by atoms with Crippen LogP contribution in [0, 0.1) is 0 Å². The second-order valence-corrected chi connectivity index (χ2v) is 10.8. The number of carbonyl (C=O) groups excluding carboxylic acids is 3. The molecule has 4 amide bonds. The van der Waals surface area contributed by atoms with Crippen molar-refractivity contribution in [1.29, 1.82) is 0 Å². The third kappa shape index (κ3) is 8.78. The van der Waals surface area contributed by atoms with Crippen LogP contribution in [0.5, 0.6) is 11.5 Å². The van der Waals surface area contributed by atoms with E-state index < -0.39 is 23.9 Å². The number of nitrogens with one attached hydrogen (secondary N) is 1. The molecule has 0 unspecified atom stereocenters. The molecule has 12 nitrogen and oxygen atoms in total. The summed E-state index contributed by atoms with van der Waals surface area (Å²) in [4.78, 5) is 40.8. The number of methoxy groups -OCH3 is 2. The smallest absolute Gasteiger partial charge is 0.312 e. The second kappa shape index (κ2) is 15.8. The Kier molecular flexibility index (Phi) is 11.4. The molecule has 4 rings (SSSR count). The number of urea groups is 1. The number of ether oxygens (including phenoxy) is 2. The fourth-order valence-electron chi connectivity index (χ4n) is 5.23. The van der Waals surface area contributed by atoms with Gasteiger partial charge in [-0.05, 0) is 58.1 Å². The second-order valence-electron chi connectivity index (χ2n) is 10.8. The topological polar surface area (TPSA) is 196 Å². The van der Waals surface area contributed by atoms with E-state index in [-0.39, 0.29) is 31.3 Å². The highest BCUT2D eigenvalue weighted by Crippen LogP contribution is 2.32. The molecule has 1 atom stereocenters. The molecule has 0 saturated heterocycles. The molecule has 0 aliphatic carbocycles. The maximum Gasteiger partial charge on any atom is 0.312 e. The number of benzene rings is 4. The Labute approximate surface area is 272 Å². The van der Waals surface area contributed by atoms with Crippen LogP contribution in [0.15, 0.2) is 102 Å². The molecule has 0 aliphatic heterocycles. The van der Waals surface area contributed by atoms with E-state index in [2.05, 4.69) is 10.5 Å². The first kappa shape index (κ1) is 33.8. The number of nitrogens with two attached hydrogens (primary N) is 3. The normalized spacial score (nSPS) is 11.9. The Bertz CT molecular complexity index is 1660. The summed E-state index contributed by atoms with van der Waals surface area (Å²) in [7, 11) is 3.12. The molecule has 0 heterocycles. The summed E-state index contributed by atoms with van der Waals surface area (Å²) < 4.78 is 10.7. The van der Waals surface area contributed by atoms with Gasteiger partial charge in [-0.25, -0.2) is 4.79 Å². The van der Waals surface area contributed by atoms with E-state index in [1.807, 2.05) is 36.4 Å². The average molecular weight is 639 g/mol. The lowest BCUT2D eigenvalue weighted by Crippen LogP contribution is -2.50. The summed E-state index contributed by atoms with van der Waals surface area (Å²) in [5.74, 6) is -0.748. The third-order valence-electron chi connectivity index (χ3n) is 7.74. The molecule has 0 aliphatic rings. The van der Waals surface area contributed by atoms with Crippen molar-refractivity contribution < 1.29 is 29.1 Å². The van der Waals surface area contributed by atoms with Crippen LogP contribution >= 0.6 is 0 Å². The molecule has 0 bridgehead atoms. The maximum atomic E-state index is 14.9. The molecule has 0 aromatic heterocycles. The van der Waals surface area contributed by atoms with Gasteiger partial charge in [-0.2, -0.15) is 0 Å². The minimum absolute atomic E-state index is 0.0404. The average Bonchev–Trinajstić information content (AvgIpc) is 3.09. The van der Waals surface area contributed by atoms with Crippen LogP contribution in [0.1, 0.15) is 39.3 Å². The minimum Gasteiger partial charge on any atom is -0.497 e. The van der Waals surface area contributed by atoms with Gasteiger partial charge >= 0.3 is 6.03 Å². The van der Waals surface area contributed by atoms with Gasteiger partial charge in [-0.15, -0.1) is 0 Å². The molecule has 4 aromatic rings. The molecular weight excluding hydrogens is 600 g/mol. The molecule has 8 N–H and O–H groups in total. The SMILES string of the molecule is COc1ccc(C(C(=O)N(Cc2ccc(CNC(N)=O)cc2)[C@H](Cc2cccc(C(N)=NO)c2)C(N)=O)c2ccc(OC)cc2)cc1. The first-order chi connectivity index (χ1) is 22.6. The van der Waals surface area contributed by atoms with Gasteiger partial charge in [0.2, 0.25) is 11.8 Å². The summed E-state index contributed by atoms with van der Waals surface area (Å²) in [6.45, 7) is 0.272. The Hall–Kier alpha value is -6.04. The van der Waals surface area contributed by atoms with Gasteiger partial charge in [0.15, 0.2) is 5.84 Å². The highest BCUT2D eigenvalue weighted by Gasteiger charge is 2.35. The first-order valence-electron chi connectivity index (χ1n) is 14.7. The van der Waals surface area contributed by atoms with Gasteiger partial charge in [-0.1, -0.05) is 71.9 Å². The molecular formula is C35H38N6O6. The van der Waals surface area contributed by atoms with Crippen molar-refractivity contribution in [1.82, 2.24) is 10.2 Å². The Balaban J connectivity index is 1.80. The van der Waals surface area contributed by atoms with Crippen molar-refractivity contribution in [3.05, 3.63) is 130 Å². The molecule has 0 saturated carbocycles. The minimum atomic E-state index is -1.08. The van der Waals surface area contributed by atoms with Crippen LogP contribution in [0.4, 0.5) is 4.79 Å². The standard InChI is InChI=1S/C35H38N6O6/c1-46-28-14-10-25(11-15-28)31(26-12-16-29(47-2)17-13-26)34(43)41(21-23-8-6-22(7-9-23)20-39-35(38)44)30(33(37)42)19-24-4-3-5-27(18-24)32(36)40-45/h3-18,30-31,45H,19-21H2,1-2H3,(H2,36,40)(H2,37,42)(H3,38,39,44)/t30-/m1/s1. The van der Waals surface area contributed by atoms with Gasteiger partial charge in [0.1, 0.15) is 17.5 Å². The fraction of sp³-hybridized carbons (Fsp3) is 0.200. The maximum absolute atomic E-state index is 14.9. The lowest BCUT2D eigenvalue weighted by atomic mass is 9.88. The molecule has 244 valence electrons. The molecule has 47 heavy (non-hydrogen) atoms. The third-order valence-corrected chi connectivity index (χ3v) is 7.74. The summed E-state index contributed by atoms with van der Waals surface area (Å²) in [5.41, 5.74) is 21.0. The quantitative estimate of drug-likeness (QED) is 0.0605. The van der Waals surface area contributed by atoms with Crippen molar-refractivity contribution >= 4 is 23.7 Å². The number of amides is 4. The predicted octanol–water partition coefficient (Wildman–Crippen LogP) is 3.22. The predicted molar refractivity (Wildman–Crippen MR) is 177 cm³/mol. The van der Waals surface area contributed by atoms with E-state index in [1.165, 1.54) is 4.90 Å². The number of hydrogen-bond acceptors (Lipinski definition) is 7. The van der Waals surface area contributed by atoms with E-state index in [9.17, 15) is 19.6 Å². The zero-order valence-electron chi connectivity index (χ0n) is 26.1. The zero-order chi connectivity index (χ0) is 33.9. The number of oxime groups is 1. The molecule has 0 radical (unpaired) electrons. The van der Waals surface area contributed by atoms with Crippen molar-refractivity contribution in [3.8, 4) is 11.5 Å². The van der Waals surface area contributed by atoms with E-state index >= 15 is 0 Å².